The van der Waals surface area contributed by atoms with Gasteiger partial charge < -0.3 is 5.32 Å². The topological polar surface area (TPSA) is 15.3 Å². The summed E-state index contributed by atoms with van der Waals surface area (Å²) < 4.78 is 36.4. The molecule has 1 fully saturated rings. The first-order valence-electron chi connectivity index (χ1n) is 5.04. The monoisotopic (exact) mass is 210 g/mol. The van der Waals surface area contributed by atoms with Crippen molar-refractivity contribution in [2.75, 3.05) is 26.2 Å². The second kappa shape index (κ2) is 4.98. The van der Waals surface area contributed by atoms with E-state index in [2.05, 4.69) is 5.32 Å². The molecule has 14 heavy (non-hydrogen) atoms. The predicted octanol–water partition coefficient (Wildman–Crippen LogP) is 1.62. The van der Waals surface area contributed by atoms with Crippen LogP contribution in [0.4, 0.5) is 13.2 Å². The fourth-order valence-electron chi connectivity index (χ4n) is 1.88. The Balaban J connectivity index is 2.35. The van der Waals surface area contributed by atoms with Gasteiger partial charge in [0, 0.05) is 12.6 Å². The summed E-state index contributed by atoms with van der Waals surface area (Å²) in [6, 6.07) is 0.0663. The van der Waals surface area contributed by atoms with Crippen molar-refractivity contribution in [2.24, 2.45) is 0 Å². The van der Waals surface area contributed by atoms with Crippen LogP contribution in [-0.4, -0.2) is 43.3 Å². The zero-order valence-corrected chi connectivity index (χ0v) is 8.40. The van der Waals surface area contributed by atoms with Crippen LogP contribution in [0.25, 0.3) is 0 Å². The Labute approximate surface area is 82.5 Å². The summed E-state index contributed by atoms with van der Waals surface area (Å²) in [5, 5.41) is 3.10. The molecule has 5 heteroatoms. The molecule has 0 bridgehead atoms. The summed E-state index contributed by atoms with van der Waals surface area (Å²) in [6.07, 6.45) is -2.30. The summed E-state index contributed by atoms with van der Waals surface area (Å²) in [4.78, 5) is 1.53. The Hall–Kier alpha value is -0.290. The lowest BCUT2D eigenvalue weighted by Gasteiger charge is -2.25. The molecule has 1 aliphatic rings. The number of hydrogen-bond donors (Lipinski definition) is 1. The molecule has 0 spiro atoms. The van der Waals surface area contributed by atoms with E-state index in [1.54, 1.807) is 0 Å². The van der Waals surface area contributed by atoms with Crippen molar-refractivity contribution in [3.05, 3.63) is 0 Å². The molecule has 0 aliphatic carbocycles. The Kier molecular flexibility index (Phi) is 4.19. The molecule has 1 rings (SSSR count). The van der Waals surface area contributed by atoms with E-state index < -0.39 is 12.7 Å². The lowest BCUT2D eigenvalue weighted by Crippen LogP contribution is -2.42. The number of rotatable bonds is 4. The summed E-state index contributed by atoms with van der Waals surface area (Å²) in [6.45, 7) is 3.27. The highest BCUT2D eigenvalue weighted by Crippen LogP contribution is 2.23. The standard InChI is InChI=1S/C9H17F3N2/c1-2-13-6-8-4-3-5-14(8)7-9(10,11)12/h8,13H,2-7H2,1H3. The maximum Gasteiger partial charge on any atom is 0.401 e. The van der Waals surface area contributed by atoms with Gasteiger partial charge in [-0.1, -0.05) is 6.92 Å². The summed E-state index contributed by atoms with van der Waals surface area (Å²) in [5.41, 5.74) is 0. The van der Waals surface area contributed by atoms with Crippen molar-refractivity contribution in [3.63, 3.8) is 0 Å². The smallest absolute Gasteiger partial charge is 0.315 e. The van der Waals surface area contributed by atoms with Gasteiger partial charge in [0.15, 0.2) is 0 Å². The van der Waals surface area contributed by atoms with Crippen molar-refractivity contribution in [2.45, 2.75) is 32.0 Å². The van der Waals surface area contributed by atoms with Crippen LogP contribution in [0.1, 0.15) is 19.8 Å². The Morgan fingerprint density at radius 1 is 1.43 bits per heavy atom. The molecule has 0 aromatic heterocycles. The average Bonchev–Trinajstić information content (AvgIpc) is 2.45. The van der Waals surface area contributed by atoms with Gasteiger partial charge in [0.25, 0.3) is 0 Å². The molecule has 0 saturated carbocycles. The number of hydrogen-bond acceptors (Lipinski definition) is 2. The van der Waals surface area contributed by atoms with E-state index in [0.717, 1.165) is 19.4 Å². The van der Waals surface area contributed by atoms with E-state index >= 15 is 0 Å². The molecule has 1 aliphatic heterocycles. The van der Waals surface area contributed by atoms with Crippen LogP contribution in [-0.2, 0) is 0 Å². The first kappa shape index (κ1) is 11.8. The zero-order valence-electron chi connectivity index (χ0n) is 8.40. The normalized spacial score (nSPS) is 24.4. The zero-order chi connectivity index (χ0) is 10.6. The van der Waals surface area contributed by atoms with Crippen LogP contribution in [0, 0.1) is 0 Å². The van der Waals surface area contributed by atoms with Crippen molar-refractivity contribution < 1.29 is 13.2 Å². The van der Waals surface area contributed by atoms with E-state index in [9.17, 15) is 13.2 Å². The maximum atomic E-state index is 12.1. The summed E-state index contributed by atoms with van der Waals surface area (Å²) in [7, 11) is 0. The van der Waals surface area contributed by atoms with Crippen molar-refractivity contribution in [3.8, 4) is 0 Å². The van der Waals surface area contributed by atoms with E-state index in [1.165, 1.54) is 4.90 Å². The van der Waals surface area contributed by atoms with E-state index in [0.29, 0.717) is 13.1 Å². The molecule has 2 nitrogen and oxygen atoms in total. The van der Waals surface area contributed by atoms with Crippen LogP contribution in [0.2, 0.25) is 0 Å². The molecule has 1 saturated heterocycles. The molecule has 0 radical (unpaired) electrons. The third kappa shape index (κ3) is 3.84. The first-order valence-corrected chi connectivity index (χ1v) is 5.04. The van der Waals surface area contributed by atoms with Gasteiger partial charge in [-0.15, -0.1) is 0 Å². The van der Waals surface area contributed by atoms with Crippen LogP contribution in [0.3, 0.4) is 0 Å². The number of alkyl halides is 3. The molecule has 0 aromatic rings. The lowest BCUT2D eigenvalue weighted by atomic mass is 10.2. The van der Waals surface area contributed by atoms with Gasteiger partial charge in [0.1, 0.15) is 0 Å². The van der Waals surface area contributed by atoms with Gasteiger partial charge in [-0.25, -0.2) is 0 Å². The average molecular weight is 210 g/mol. The van der Waals surface area contributed by atoms with Gasteiger partial charge in [0.2, 0.25) is 0 Å². The maximum absolute atomic E-state index is 12.1. The molecule has 1 heterocycles. The van der Waals surface area contributed by atoms with Gasteiger partial charge >= 0.3 is 6.18 Å². The van der Waals surface area contributed by atoms with Gasteiger partial charge in [0.05, 0.1) is 6.54 Å². The number of nitrogens with zero attached hydrogens (tertiary/aromatic N) is 1. The van der Waals surface area contributed by atoms with Crippen molar-refractivity contribution in [1.29, 1.82) is 0 Å². The summed E-state index contributed by atoms with van der Waals surface area (Å²) in [5.74, 6) is 0. The highest BCUT2D eigenvalue weighted by atomic mass is 19.4. The molecular weight excluding hydrogens is 193 g/mol. The first-order chi connectivity index (χ1) is 6.53. The predicted molar refractivity (Wildman–Crippen MR) is 49.2 cm³/mol. The van der Waals surface area contributed by atoms with Crippen molar-refractivity contribution >= 4 is 0 Å². The van der Waals surface area contributed by atoms with Gasteiger partial charge in [-0.3, -0.25) is 4.90 Å². The second-order valence-corrected chi connectivity index (χ2v) is 3.69. The quantitative estimate of drug-likeness (QED) is 0.758. The fourth-order valence-corrected chi connectivity index (χ4v) is 1.88. The van der Waals surface area contributed by atoms with Gasteiger partial charge in [-0.05, 0) is 25.9 Å². The number of likely N-dealkylation sites (tertiary alicyclic amines) is 1. The van der Waals surface area contributed by atoms with Crippen LogP contribution in [0.5, 0.6) is 0 Å². The minimum Gasteiger partial charge on any atom is -0.315 e. The Morgan fingerprint density at radius 2 is 2.14 bits per heavy atom. The van der Waals surface area contributed by atoms with E-state index in [1.807, 2.05) is 6.92 Å². The molecule has 1 unspecified atom stereocenters. The number of likely N-dealkylation sites (N-methyl/N-ethyl adjacent to an activating group) is 1. The van der Waals surface area contributed by atoms with Crippen molar-refractivity contribution in [1.82, 2.24) is 10.2 Å². The Bertz CT molecular complexity index is 170. The van der Waals surface area contributed by atoms with E-state index in [-0.39, 0.29) is 6.04 Å². The third-order valence-electron chi connectivity index (χ3n) is 2.51. The SMILES string of the molecule is CCNCC1CCCN1CC(F)(F)F. The largest absolute Gasteiger partial charge is 0.401 e. The second-order valence-electron chi connectivity index (χ2n) is 3.69. The minimum atomic E-state index is -4.06. The summed E-state index contributed by atoms with van der Waals surface area (Å²) >= 11 is 0. The molecule has 0 amide bonds. The van der Waals surface area contributed by atoms with Crippen LogP contribution >= 0.6 is 0 Å². The van der Waals surface area contributed by atoms with Crippen LogP contribution in [0.15, 0.2) is 0 Å². The Morgan fingerprint density at radius 3 is 2.71 bits per heavy atom. The molecule has 84 valence electrons. The lowest BCUT2D eigenvalue weighted by molar-refractivity contribution is -0.147. The van der Waals surface area contributed by atoms with Crippen LogP contribution < -0.4 is 5.32 Å². The van der Waals surface area contributed by atoms with Gasteiger partial charge in [-0.2, -0.15) is 13.2 Å². The molecular formula is C9H17F3N2. The fraction of sp³-hybridized carbons (Fsp3) is 1.00. The molecule has 1 N–H and O–H groups in total. The molecule has 0 aromatic carbocycles. The number of nitrogens with one attached hydrogen (secondary N) is 1. The highest BCUT2D eigenvalue weighted by Gasteiger charge is 2.35. The molecule has 1 atom stereocenters. The number of halogens is 3. The highest BCUT2D eigenvalue weighted by molar-refractivity contribution is 4.82. The van der Waals surface area contributed by atoms with E-state index in [4.69, 9.17) is 0 Å². The third-order valence-corrected chi connectivity index (χ3v) is 2.51. The minimum absolute atomic E-state index is 0.0663.